The number of hydrogen-bond acceptors (Lipinski definition) is 5. The number of aromatic hydroxyl groups is 1. The summed E-state index contributed by atoms with van der Waals surface area (Å²) in [6, 6.07) is 6.07. The van der Waals surface area contributed by atoms with Gasteiger partial charge in [0.25, 0.3) is 11.1 Å². The molecule has 3 aromatic rings. The molecule has 5 N–H and O–H groups in total. The number of phenols is 1. The molecule has 0 amide bonds. The van der Waals surface area contributed by atoms with Crippen LogP contribution in [0, 0.1) is 0 Å². The lowest BCUT2D eigenvalue weighted by molar-refractivity contribution is 0.475. The molecule has 0 aliphatic heterocycles. The molecule has 0 radical (unpaired) electrons. The number of nitrogen functional groups attached to an aromatic ring is 1. The van der Waals surface area contributed by atoms with Gasteiger partial charge in [0.2, 0.25) is 0 Å². The lowest BCUT2D eigenvalue weighted by Gasteiger charge is -2.09. The maximum Gasteiger partial charge on any atom is 0.273 e. The Hall–Kier alpha value is -2.80. The number of phenolic OH excluding ortho intramolecular Hbond substituents is 1. The van der Waals surface area contributed by atoms with Gasteiger partial charge < -0.3 is 10.8 Å². The fourth-order valence-electron chi connectivity index (χ4n) is 2.09. The zero-order chi connectivity index (χ0) is 15.1. The third-order valence-electron chi connectivity index (χ3n) is 3.08. The van der Waals surface area contributed by atoms with E-state index in [1.54, 1.807) is 12.1 Å². The zero-order valence-corrected chi connectivity index (χ0v) is 11.2. The summed E-state index contributed by atoms with van der Waals surface area (Å²) in [5.41, 5.74) is 5.71. The molecule has 21 heavy (non-hydrogen) atoms. The van der Waals surface area contributed by atoms with Crippen molar-refractivity contribution in [2.45, 2.75) is 0 Å². The Labute approximate surface area is 122 Å². The van der Waals surface area contributed by atoms with Gasteiger partial charge in [-0.1, -0.05) is 11.6 Å². The number of benzene rings is 1. The first kappa shape index (κ1) is 13.2. The first-order valence-electron chi connectivity index (χ1n) is 5.88. The van der Waals surface area contributed by atoms with Crippen LogP contribution in [-0.2, 0) is 0 Å². The molecule has 106 valence electrons. The molecular weight excluding hydrogens is 296 g/mol. The quantitative estimate of drug-likeness (QED) is 0.503. The minimum absolute atomic E-state index is 0.0122. The van der Waals surface area contributed by atoms with Crippen molar-refractivity contribution in [1.29, 1.82) is 0 Å². The van der Waals surface area contributed by atoms with Crippen LogP contribution in [-0.4, -0.2) is 20.3 Å². The van der Waals surface area contributed by atoms with E-state index in [2.05, 4.69) is 15.2 Å². The van der Waals surface area contributed by atoms with E-state index in [4.69, 9.17) is 17.3 Å². The molecule has 0 saturated carbocycles. The molecule has 2 aromatic heterocycles. The van der Waals surface area contributed by atoms with Crippen molar-refractivity contribution in [2.75, 3.05) is 5.73 Å². The van der Waals surface area contributed by atoms with E-state index in [9.17, 15) is 14.7 Å². The predicted octanol–water partition coefficient (Wildman–Crippen LogP) is 1.22. The Morgan fingerprint density at radius 1 is 1.05 bits per heavy atom. The number of H-pyrrole nitrogens is 2. The SMILES string of the molecule is Nc1c(-c2ccc(O)cc2)nc(Cl)c2c(=O)[nH][nH]c(=O)c12. The summed E-state index contributed by atoms with van der Waals surface area (Å²) in [6.07, 6.45) is 0. The van der Waals surface area contributed by atoms with Crippen LogP contribution in [0.25, 0.3) is 22.0 Å². The second kappa shape index (κ2) is 4.64. The van der Waals surface area contributed by atoms with Gasteiger partial charge in [-0.2, -0.15) is 0 Å². The molecule has 0 aliphatic rings. The molecule has 1 aromatic carbocycles. The molecule has 0 spiro atoms. The number of fused-ring (bicyclic) bond motifs is 1. The third-order valence-corrected chi connectivity index (χ3v) is 3.35. The minimum atomic E-state index is -0.578. The Kier molecular flexibility index (Phi) is 2.91. The second-order valence-corrected chi connectivity index (χ2v) is 4.73. The summed E-state index contributed by atoms with van der Waals surface area (Å²) in [7, 11) is 0. The highest BCUT2D eigenvalue weighted by Crippen LogP contribution is 2.31. The van der Waals surface area contributed by atoms with Crippen molar-refractivity contribution < 1.29 is 5.11 Å². The van der Waals surface area contributed by atoms with E-state index in [0.717, 1.165) is 0 Å². The first-order chi connectivity index (χ1) is 9.99. The van der Waals surface area contributed by atoms with Crippen molar-refractivity contribution >= 4 is 28.1 Å². The van der Waals surface area contributed by atoms with Crippen LogP contribution in [0.15, 0.2) is 33.9 Å². The van der Waals surface area contributed by atoms with E-state index < -0.39 is 11.1 Å². The molecule has 0 aliphatic carbocycles. The first-order valence-corrected chi connectivity index (χ1v) is 6.26. The van der Waals surface area contributed by atoms with E-state index in [-0.39, 0.29) is 33.1 Å². The number of anilines is 1. The van der Waals surface area contributed by atoms with Gasteiger partial charge in [0.1, 0.15) is 10.9 Å². The van der Waals surface area contributed by atoms with Crippen LogP contribution in [0.5, 0.6) is 5.75 Å². The largest absolute Gasteiger partial charge is 0.508 e. The predicted molar refractivity (Wildman–Crippen MR) is 79.5 cm³/mol. The van der Waals surface area contributed by atoms with E-state index in [0.29, 0.717) is 5.56 Å². The van der Waals surface area contributed by atoms with Gasteiger partial charge in [-0.25, -0.2) is 4.98 Å². The van der Waals surface area contributed by atoms with Crippen LogP contribution >= 0.6 is 11.6 Å². The number of rotatable bonds is 1. The molecule has 0 fully saturated rings. The third kappa shape index (κ3) is 2.03. The minimum Gasteiger partial charge on any atom is -0.508 e. The number of nitrogens with zero attached hydrogens (tertiary/aromatic N) is 1. The number of aromatic amines is 2. The van der Waals surface area contributed by atoms with Crippen LogP contribution in [0.1, 0.15) is 0 Å². The standard InChI is InChI=1S/C13H9ClN4O3/c14-11-8-7(12(20)17-18-13(8)21)9(15)10(16-11)5-1-3-6(19)4-2-5/h1-4,19H,15H2,(H,17,20)(H,18,21). The summed E-state index contributed by atoms with van der Waals surface area (Å²) < 4.78 is 0. The van der Waals surface area contributed by atoms with Crippen LogP contribution < -0.4 is 16.9 Å². The normalized spacial score (nSPS) is 10.9. The number of nitrogens with two attached hydrogens (primary N) is 1. The Balaban J connectivity index is 2.44. The number of hydrogen-bond donors (Lipinski definition) is 4. The summed E-state index contributed by atoms with van der Waals surface area (Å²) >= 11 is 6.00. The zero-order valence-electron chi connectivity index (χ0n) is 10.5. The average Bonchev–Trinajstić information content (AvgIpc) is 2.46. The van der Waals surface area contributed by atoms with Gasteiger partial charge in [0, 0.05) is 5.56 Å². The molecule has 8 heteroatoms. The van der Waals surface area contributed by atoms with Crippen molar-refractivity contribution in [3.8, 4) is 17.0 Å². The number of halogens is 1. The van der Waals surface area contributed by atoms with Gasteiger partial charge in [-0.15, -0.1) is 0 Å². The highest BCUT2D eigenvalue weighted by Gasteiger charge is 2.17. The lowest BCUT2D eigenvalue weighted by atomic mass is 10.1. The van der Waals surface area contributed by atoms with Crippen LogP contribution in [0.4, 0.5) is 5.69 Å². The van der Waals surface area contributed by atoms with Gasteiger partial charge in [-0.05, 0) is 24.3 Å². The topological polar surface area (TPSA) is 125 Å². The van der Waals surface area contributed by atoms with E-state index in [1.165, 1.54) is 12.1 Å². The van der Waals surface area contributed by atoms with Gasteiger partial charge in [0.15, 0.2) is 0 Å². The Morgan fingerprint density at radius 2 is 1.62 bits per heavy atom. The molecule has 7 nitrogen and oxygen atoms in total. The smallest absolute Gasteiger partial charge is 0.273 e. The summed E-state index contributed by atoms with van der Waals surface area (Å²) in [5, 5.41) is 13.5. The highest BCUT2D eigenvalue weighted by molar-refractivity contribution is 6.35. The summed E-state index contributed by atoms with van der Waals surface area (Å²) in [6.45, 7) is 0. The average molecular weight is 305 g/mol. The lowest BCUT2D eigenvalue weighted by Crippen LogP contribution is -2.21. The monoisotopic (exact) mass is 304 g/mol. The van der Waals surface area contributed by atoms with Crippen LogP contribution in [0.2, 0.25) is 5.15 Å². The number of nitrogens with one attached hydrogen (secondary N) is 2. The van der Waals surface area contributed by atoms with Gasteiger partial charge in [0.05, 0.1) is 22.2 Å². The molecule has 0 atom stereocenters. The van der Waals surface area contributed by atoms with Crippen LogP contribution in [0.3, 0.4) is 0 Å². The van der Waals surface area contributed by atoms with Crippen molar-refractivity contribution in [3.63, 3.8) is 0 Å². The molecule has 3 rings (SSSR count). The number of pyridine rings is 1. The van der Waals surface area contributed by atoms with Crippen molar-refractivity contribution in [1.82, 2.24) is 15.2 Å². The molecule has 0 saturated heterocycles. The number of aromatic nitrogens is 3. The highest BCUT2D eigenvalue weighted by atomic mass is 35.5. The molecule has 0 unspecified atom stereocenters. The maximum absolute atomic E-state index is 11.9. The summed E-state index contributed by atoms with van der Waals surface area (Å²) in [4.78, 5) is 27.8. The Bertz CT molecular complexity index is 960. The molecule has 2 heterocycles. The summed E-state index contributed by atoms with van der Waals surface area (Å²) in [5.74, 6) is 0.0819. The fraction of sp³-hybridized carbons (Fsp3) is 0. The molecular formula is C13H9ClN4O3. The van der Waals surface area contributed by atoms with Crippen molar-refractivity contribution in [3.05, 3.63) is 50.1 Å². The van der Waals surface area contributed by atoms with Gasteiger partial charge >= 0.3 is 0 Å². The molecule has 0 bridgehead atoms. The maximum atomic E-state index is 11.9. The Morgan fingerprint density at radius 3 is 2.24 bits per heavy atom. The van der Waals surface area contributed by atoms with E-state index in [1.807, 2.05) is 0 Å². The van der Waals surface area contributed by atoms with Crippen molar-refractivity contribution in [2.24, 2.45) is 0 Å². The fourth-order valence-corrected chi connectivity index (χ4v) is 2.36. The second-order valence-electron chi connectivity index (χ2n) is 4.37. The van der Waals surface area contributed by atoms with E-state index >= 15 is 0 Å². The van der Waals surface area contributed by atoms with Gasteiger partial charge in [-0.3, -0.25) is 19.8 Å².